The molecule has 3 atom stereocenters. The number of carbonyl (C=O) groups is 2. The predicted molar refractivity (Wildman–Crippen MR) is 105 cm³/mol. The van der Waals surface area contributed by atoms with E-state index in [1.165, 1.54) is 9.21 Å². The first kappa shape index (κ1) is 17.6. The first-order chi connectivity index (χ1) is 13.3. The quantitative estimate of drug-likeness (QED) is 0.741. The lowest BCUT2D eigenvalue weighted by molar-refractivity contribution is -0.120. The third kappa shape index (κ3) is 2.15. The number of carbonyl (C=O) groups excluding carboxylic acids is 2. The van der Waals surface area contributed by atoms with Crippen LogP contribution in [0.2, 0.25) is 0 Å². The van der Waals surface area contributed by atoms with Crippen molar-refractivity contribution in [2.45, 2.75) is 43.6 Å². The molecule has 7 nitrogen and oxygen atoms in total. The van der Waals surface area contributed by atoms with Crippen LogP contribution in [0.4, 0.5) is 10.5 Å². The van der Waals surface area contributed by atoms with Crippen molar-refractivity contribution in [3.63, 3.8) is 0 Å². The molecule has 0 aliphatic carbocycles. The maximum atomic E-state index is 13.3. The smallest absolute Gasteiger partial charge is 0.306 e. The number of urea groups is 1. The van der Waals surface area contributed by atoms with E-state index in [-0.39, 0.29) is 24.5 Å². The largest absolute Gasteiger partial charge is 0.332 e. The lowest BCUT2D eigenvalue weighted by atomic mass is 10.1. The van der Waals surface area contributed by atoms with Gasteiger partial charge in [-0.2, -0.15) is 4.31 Å². The number of fused-ring (bicyclic) bond motifs is 6. The van der Waals surface area contributed by atoms with Crippen LogP contribution in [0, 0.1) is 0 Å². The fourth-order valence-corrected chi connectivity index (χ4v) is 6.30. The molecule has 3 amide bonds. The Balaban J connectivity index is 1.56. The van der Waals surface area contributed by atoms with E-state index in [4.69, 9.17) is 0 Å². The summed E-state index contributed by atoms with van der Waals surface area (Å²) in [6.45, 7) is 3.55. The molecule has 1 unspecified atom stereocenters. The summed E-state index contributed by atoms with van der Waals surface area (Å²) >= 11 is 0. The minimum absolute atomic E-state index is 0.250. The number of sulfonamides is 1. The third-order valence-electron chi connectivity index (χ3n) is 6.15. The highest BCUT2D eigenvalue weighted by Crippen LogP contribution is 2.44. The standard InChI is InChI=1S/C20H21N3O4S/c1-12(2)28(26,27)21-11-14-10-17(21)18-19(24)23(20(25)22(14)18)16-9-5-7-13-6-3-4-8-15(13)16/h3-9,12,14,17-18H,10-11H2,1-2H3/t14-,17?,18-/m1/s1. The van der Waals surface area contributed by atoms with E-state index < -0.39 is 27.4 Å². The molecule has 3 saturated heterocycles. The minimum atomic E-state index is -3.48. The second-order valence-corrected chi connectivity index (χ2v) is 10.4. The summed E-state index contributed by atoms with van der Waals surface area (Å²) in [6, 6.07) is 11.3. The first-order valence-electron chi connectivity index (χ1n) is 9.47. The van der Waals surface area contributed by atoms with E-state index in [0.717, 1.165) is 10.8 Å². The van der Waals surface area contributed by atoms with E-state index >= 15 is 0 Å². The predicted octanol–water partition coefficient (Wildman–Crippen LogP) is 2.17. The Bertz CT molecular complexity index is 1110. The first-order valence-corrected chi connectivity index (χ1v) is 11.0. The van der Waals surface area contributed by atoms with E-state index in [1.54, 1.807) is 24.8 Å². The summed E-state index contributed by atoms with van der Waals surface area (Å²) in [6.07, 6.45) is 0.525. The molecule has 5 rings (SSSR count). The molecule has 8 heteroatoms. The fourth-order valence-electron chi connectivity index (χ4n) is 4.80. The second-order valence-electron chi connectivity index (χ2n) is 7.93. The van der Waals surface area contributed by atoms with E-state index in [2.05, 4.69) is 0 Å². The number of hydrogen-bond donors (Lipinski definition) is 0. The van der Waals surface area contributed by atoms with Crippen LogP contribution >= 0.6 is 0 Å². The van der Waals surface area contributed by atoms with Gasteiger partial charge in [-0.25, -0.2) is 18.1 Å². The van der Waals surface area contributed by atoms with Gasteiger partial charge in [0.25, 0.3) is 5.91 Å². The lowest BCUT2D eigenvalue weighted by Crippen LogP contribution is -2.55. The van der Waals surface area contributed by atoms with Gasteiger partial charge >= 0.3 is 6.03 Å². The Labute approximate surface area is 163 Å². The average Bonchev–Trinajstić information content (AvgIpc) is 3.33. The Morgan fingerprint density at radius 2 is 1.75 bits per heavy atom. The van der Waals surface area contributed by atoms with Crippen LogP contribution in [0.25, 0.3) is 10.8 Å². The molecule has 0 radical (unpaired) electrons. The fraction of sp³-hybridized carbons (Fsp3) is 0.400. The van der Waals surface area contributed by atoms with Crippen LogP contribution in [0.1, 0.15) is 20.3 Å². The molecule has 2 aromatic rings. The molecule has 3 heterocycles. The minimum Gasteiger partial charge on any atom is -0.306 e. The van der Waals surface area contributed by atoms with Crippen LogP contribution in [0.5, 0.6) is 0 Å². The monoisotopic (exact) mass is 399 g/mol. The summed E-state index contributed by atoms with van der Waals surface area (Å²) in [5, 5.41) is 1.22. The molecule has 3 aliphatic heterocycles. The highest BCUT2D eigenvalue weighted by molar-refractivity contribution is 7.89. The molecule has 0 saturated carbocycles. The molecule has 0 N–H and O–H groups in total. The van der Waals surface area contributed by atoms with Gasteiger partial charge in [0, 0.05) is 18.0 Å². The van der Waals surface area contributed by atoms with E-state index in [9.17, 15) is 18.0 Å². The Morgan fingerprint density at radius 1 is 1.04 bits per heavy atom. The number of rotatable bonds is 3. The van der Waals surface area contributed by atoms with Gasteiger partial charge in [0.15, 0.2) is 0 Å². The molecule has 28 heavy (non-hydrogen) atoms. The molecule has 2 aromatic carbocycles. The summed E-state index contributed by atoms with van der Waals surface area (Å²) in [5.74, 6) is -0.336. The van der Waals surface area contributed by atoms with Crippen molar-refractivity contribution in [1.29, 1.82) is 0 Å². The van der Waals surface area contributed by atoms with Gasteiger partial charge < -0.3 is 4.90 Å². The number of amides is 3. The molecule has 2 bridgehead atoms. The number of hydrogen-bond acceptors (Lipinski definition) is 4. The molecule has 146 valence electrons. The normalized spacial score (nSPS) is 27.5. The maximum Gasteiger partial charge on any atom is 0.332 e. The highest BCUT2D eigenvalue weighted by atomic mass is 32.2. The highest BCUT2D eigenvalue weighted by Gasteiger charge is 2.64. The Hall–Kier alpha value is -2.45. The van der Waals surface area contributed by atoms with Crippen LogP contribution < -0.4 is 4.90 Å². The number of piperazine rings is 1. The molecule has 3 fully saturated rings. The topological polar surface area (TPSA) is 78.0 Å². The number of nitrogens with zero attached hydrogens (tertiary/aromatic N) is 3. The molecule has 0 aromatic heterocycles. The lowest BCUT2D eigenvalue weighted by Gasteiger charge is -2.34. The average molecular weight is 399 g/mol. The van der Waals surface area contributed by atoms with Gasteiger partial charge in [-0.3, -0.25) is 4.79 Å². The van der Waals surface area contributed by atoms with Crippen molar-refractivity contribution in [1.82, 2.24) is 9.21 Å². The van der Waals surface area contributed by atoms with Crippen LogP contribution in [0.3, 0.4) is 0 Å². The zero-order valence-corrected chi connectivity index (χ0v) is 16.5. The van der Waals surface area contributed by atoms with Crippen molar-refractivity contribution in [3.8, 4) is 0 Å². The van der Waals surface area contributed by atoms with Gasteiger partial charge in [0.1, 0.15) is 6.04 Å². The van der Waals surface area contributed by atoms with Crippen molar-refractivity contribution >= 4 is 38.4 Å². The SMILES string of the molecule is CC(C)S(=O)(=O)N1C[C@H]2CC1[C@@H]1C(=O)N(c3cccc4ccccc34)C(=O)N21. The molecular weight excluding hydrogens is 378 g/mol. The summed E-state index contributed by atoms with van der Waals surface area (Å²) in [7, 11) is -3.48. The van der Waals surface area contributed by atoms with Crippen molar-refractivity contribution in [2.75, 3.05) is 11.4 Å². The van der Waals surface area contributed by atoms with Gasteiger partial charge in [-0.15, -0.1) is 0 Å². The number of imide groups is 1. The number of benzene rings is 2. The molecular formula is C20H21N3O4S. The van der Waals surface area contributed by atoms with Crippen molar-refractivity contribution in [2.24, 2.45) is 0 Å². The van der Waals surface area contributed by atoms with E-state index in [0.29, 0.717) is 12.1 Å². The number of anilines is 1. The van der Waals surface area contributed by atoms with Crippen molar-refractivity contribution in [3.05, 3.63) is 42.5 Å². The zero-order chi connectivity index (χ0) is 19.8. The zero-order valence-electron chi connectivity index (χ0n) is 15.6. The molecule has 0 spiro atoms. The van der Waals surface area contributed by atoms with Gasteiger partial charge in [0.2, 0.25) is 10.0 Å². The Kier molecular flexibility index (Phi) is 3.64. The maximum absolute atomic E-state index is 13.3. The van der Waals surface area contributed by atoms with E-state index in [1.807, 2.05) is 36.4 Å². The van der Waals surface area contributed by atoms with Gasteiger partial charge in [0.05, 0.1) is 17.0 Å². The Morgan fingerprint density at radius 3 is 2.50 bits per heavy atom. The third-order valence-corrected chi connectivity index (χ3v) is 8.41. The summed E-state index contributed by atoms with van der Waals surface area (Å²) in [4.78, 5) is 29.3. The van der Waals surface area contributed by atoms with Crippen LogP contribution in [0.15, 0.2) is 42.5 Å². The van der Waals surface area contributed by atoms with Crippen molar-refractivity contribution < 1.29 is 18.0 Å². The second kappa shape index (κ2) is 5.78. The summed E-state index contributed by atoms with van der Waals surface area (Å²) in [5.41, 5.74) is 0.556. The van der Waals surface area contributed by atoms with Crippen LogP contribution in [-0.4, -0.2) is 59.5 Å². The van der Waals surface area contributed by atoms with Gasteiger partial charge in [-0.05, 0) is 31.7 Å². The van der Waals surface area contributed by atoms with Gasteiger partial charge in [-0.1, -0.05) is 36.4 Å². The molecule has 3 aliphatic rings. The van der Waals surface area contributed by atoms with Crippen LogP contribution in [-0.2, 0) is 14.8 Å². The summed E-state index contributed by atoms with van der Waals surface area (Å²) < 4.78 is 26.9.